The Kier molecular flexibility index (Phi) is 8.39. The minimum atomic E-state index is -1.22. The molecule has 3 N–H and O–H groups in total. The summed E-state index contributed by atoms with van der Waals surface area (Å²) < 4.78 is 10.4. The zero-order valence-corrected chi connectivity index (χ0v) is 17.9. The number of carbonyl (C=O) groups is 3. The van der Waals surface area contributed by atoms with Crippen LogP contribution in [0.2, 0.25) is 0 Å². The van der Waals surface area contributed by atoms with E-state index in [4.69, 9.17) is 9.47 Å². The van der Waals surface area contributed by atoms with Crippen LogP contribution in [0.4, 0.5) is 0 Å². The van der Waals surface area contributed by atoms with Gasteiger partial charge in [0.25, 0.3) is 0 Å². The van der Waals surface area contributed by atoms with Crippen LogP contribution in [0.5, 0.6) is 0 Å². The summed E-state index contributed by atoms with van der Waals surface area (Å²) >= 11 is 0. The molecule has 0 bridgehead atoms. The number of aromatic carboxylic acids is 1. The number of nitrogens with one attached hydrogen (secondary N) is 1. The number of aliphatic hydroxyl groups excluding tert-OH is 1. The molecule has 2 rings (SSSR count). The van der Waals surface area contributed by atoms with Gasteiger partial charge in [-0.25, -0.2) is 14.6 Å². The highest BCUT2D eigenvalue weighted by atomic mass is 16.6. The quantitative estimate of drug-likeness (QED) is 0.503. The molecule has 1 aliphatic rings. The Balaban J connectivity index is 2.29. The first-order valence-electron chi connectivity index (χ1n) is 10.1. The van der Waals surface area contributed by atoms with Crippen molar-refractivity contribution < 1.29 is 34.1 Å². The third-order valence-corrected chi connectivity index (χ3v) is 4.71. The Morgan fingerprint density at radius 1 is 1.37 bits per heavy atom. The van der Waals surface area contributed by atoms with E-state index in [1.807, 2.05) is 20.8 Å². The van der Waals surface area contributed by atoms with E-state index >= 15 is 0 Å². The Hall–Kier alpha value is -2.43. The van der Waals surface area contributed by atoms with Gasteiger partial charge in [-0.3, -0.25) is 9.80 Å². The monoisotopic (exact) mass is 425 g/mol. The van der Waals surface area contributed by atoms with Crippen molar-refractivity contribution in [3.05, 3.63) is 22.5 Å². The number of hydrazine groups is 1. The molecular weight excluding hydrogens is 394 g/mol. The molecule has 0 spiro atoms. The molecule has 1 fully saturated rings. The summed E-state index contributed by atoms with van der Waals surface area (Å²) in [6.45, 7) is 8.71. The van der Waals surface area contributed by atoms with Gasteiger partial charge in [0, 0.05) is 18.8 Å². The molecule has 0 saturated carbocycles. The topological polar surface area (TPSA) is 132 Å². The van der Waals surface area contributed by atoms with Crippen LogP contribution in [0.3, 0.4) is 0 Å². The number of amides is 1. The first-order valence-corrected chi connectivity index (χ1v) is 10.1. The first kappa shape index (κ1) is 23.8. The summed E-state index contributed by atoms with van der Waals surface area (Å²) in [7, 11) is 0. The van der Waals surface area contributed by atoms with Gasteiger partial charge in [0.05, 0.1) is 31.7 Å². The summed E-state index contributed by atoms with van der Waals surface area (Å²) in [6.07, 6.45) is -0.501. The predicted octanol–water partition coefficient (Wildman–Crippen LogP) is 1.18. The van der Waals surface area contributed by atoms with Gasteiger partial charge in [-0.05, 0) is 24.8 Å². The van der Waals surface area contributed by atoms with Crippen LogP contribution in [0.1, 0.15) is 59.3 Å². The van der Waals surface area contributed by atoms with Gasteiger partial charge in [0.1, 0.15) is 5.69 Å². The number of morpholine rings is 1. The Morgan fingerprint density at radius 3 is 2.63 bits per heavy atom. The average molecular weight is 425 g/mol. The van der Waals surface area contributed by atoms with E-state index in [1.54, 1.807) is 5.01 Å². The van der Waals surface area contributed by atoms with Gasteiger partial charge in [-0.15, -0.1) is 0 Å². The van der Waals surface area contributed by atoms with Gasteiger partial charge < -0.3 is 24.7 Å². The number of ether oxygens (including phenoxy) is 2. The number of carbonyl (C=O) groups excluding carboxylic acids is 2. The van der Waals surface area contributed by atoms with E-state index in [-0.39, 0.29) is 60.5 Å². The molecule has 0 aliphatic carbocycles. The lowest BCUT2D eigenvalue weighted by atomic mass is 10.1. The maximum atomic E-state index is 13.1. The number of rotatable bonds is 9. The lowest BCUT2D eigenvalue weighted by molar-refractivity contribution is -0.197. The summed E-state index contributed by atoms with van der Waals surface area (Å²) in [5.41, 5.74) is 0.388. The molecule has 10 heteroatoms. The second-order valence-electron chi connectivity index (χ2n) is 7.71. The number of nitrogens with zero attached hydrogens (tertiary/aromatic N) is 2. The zero-order chi connectivity index (χ0) is 22.4. The van der Waals surface area contributed by atoms with Gasteiger partial charge in [-0.1, -0.05) is 20.8 Å². The minimum Gasteiger partial charge on any atom is -0.477 e. The number of carboxylic acids is 1. The molecule has 10 nitrogen and oxygen atoms in total. The molecule has 0 radical (unpaired) electrons. The van der Waals surface area contributed by atoms with Crippen molar-refractivity contribution in [2.75, 3.05) is 32.8 Å². The van der Waals surface area contributed by atoms with Gasteiger partial charge in [-0.2, -0.15) is 0 Å². The summed E-state index contributed by atoms with van der Waals surface area (Å²) in [6, 6.07) is 0. The molecule has 30 heavy (non-hydrogen) atoms. The smallest absolute Gasteiger partial charge is 0.352 e. The standard InChI is InChI=1S/C20H31N3O7/c1-5-6-23(22-7-8-29-16(25)10-22)15(24)9-14-17(20(28)30-11-12(2)3)13(4)18(21-14)19(26)27/h12,16,21,25H,5-11H2,1-4H3,(H,26,27). The highest BCUT2D eigenvalue weighted by Gasteiger charge is 2.30. The summed E-state index contributed by atoms with van der Waals surface area (Å²) in [5.74, 6) is -2.07. The number of esters is 1. The first-order chi connectivity index (χ1) is 14.1. The average Bonchev–Trinajstić information content (AvgIpc) is 3.00. The number of aliphatic hydroxyl groups is 1. The van der Waals surface area contributed by atoms with Crippen LogP contribution in [-0.4, -0.2) is 82.2 Å². The van der Waals surface area contributed by atoms with E-state index < -0.39 is 18.2 Å². The van der Waals surface area contributed by atoms with Gasteiger partial charge in [0.2, 0.25) is 5.91 Å². The highest BCUT2D eigenvalue weighted by molar-refractivity contribution is 5.99. The van der Waals surface area contributed by atoms with Crippen molar-refractivity contribution in [1.82, 2.24) is 15.0 Å². The van der Waals surface area contributed by atoms with E-state index in [0.717, 1.165) is 0 Å². The van der Waals surface area contributed by atoms with Crippen molar-refractivity contribution >= 4 is 17.8 Å². The predicted molar refractivity (Wildman–Crippen MR) is 107 cm³/mol. The molecular formula is C20H31N3O7. The SMILES string of the molecule is CCCN(C(=O)Cc1[nH]c(C(=O)O)c(C)c1C(=O)OCC(C)C)N1CCOC(O)C1. The number of hydrogen-bond donors (Lipinski definition) is 3. The molecule has 1 aromatic heterocycles. The van der Waals surface area contributed by atoms with Crippen LogP contribution in [-0.2, 0) is 20.7 Å². The second kappa shape index (κ2) is 10.6. The van der Waals surface area contributed by atoms with E-state index in [1.165, 1.54) is 11.9 Å². The second-order valence-corrected chi connectivity index (χ2v) is 7.71. The molecule has 1 unspecified atom stereocenters. The third-order valence-electron chi connectivity index (χ3n) is 4.71. The number of hydrogen-bond acceptors (Lipinski definition) is 7. The fourth-order valence-electron chi connectivity index (χ4n) is 3.31. The van der Waals surface area contributed by atoms with E-state index in [2.05, 4.69) is 4.98 Å². The van der Waals surface area contributed by atoms with Crippen molar-refractivity contribution in [2.24, 2.45) is 5.92 Å². The Bertz CT molecular complexity index is 775. The number of H-pyrrole nitrogens is 1. The van der Waals surface area contributed by atoms with E-state index in [9.17, 15) is 24.6 Å². The lowest BCUT2D eigenvalue weighted by Gasteiger charge is -2.38. The molecule has 1 saturated heterocycles. The molecule has 168 valence electrons. The number of β-amino-alcohol motifs (C(OH)–C–C–N with tert-alkyl or cyclic N) is 1. The Labute approximate surface area is 175 Å². The van der Waals surface area contributed by atoms with Crippen LogP contribution in [0.25, 0.3) is 0 Å². The fraction of sp³-hybridized carbons (Fsp3) is 0.650. The maximum Gasteiger partial charge on any atom is 0.352 e. The molecule has 0 aromatic carbocycles. The van der Waals surface area contributed by atoms with Gasteiger partial charge in [0.15, 0.2) is 6.29 Å². The largest absolute Gasteiger partial charge is 0.477 e. The van der Waals surface area contributed by atoms with Crippen LogP contribution >= 0.6 is 0 Å². The molecule has 1 aliphatic heterocycles. The van der Waals surface area contributed by atoms with E-state index in [0.29, 0.717) is 19.5 Å². The van der Waals surface area contributed by atoms with Crippen molar-refractivity contribution in [1.29, 1.82) is 0 Å². The third kappa shape index (κ3) is 5.80. The number of carboxylic acid groups (broad SMARTS) is 1. The van der Waals surface area contributed by atoms with Crippen molar-refractivity contribution in [3.8, 4) is 0 Å². The highest BCUT2D eigenvalue weighted by Crippen LogP contribution is 2.22. The molecule has 1 aromatic rings. The minimum absolute atomic E-state index is 0.0832. The van der Waals surface area contributed by atoms with Crippen LogP contribution in [0, 0.1) is 12.8 Å². The lowest BCUT2D eigenvalue weighted by Crippen LogP contribution is -2.54. The van der Waals surface area contributed by atoms with Crippen molar-refractivity contribution in [3.63, 3.8) is 0 Å². The molecule has 1 atom stereocenters. The van der Waals surface area contributed by atoms with Gasteiger partial charge >= 0.3 is 11.9 Å². The Morgan fingerprint density at radius 2 is 2.07 bits per heavy atom. The van der Waals surface area contributed by atoms with Crippen molar-refractivity contribution in [2.45, 2.75) is 46.8 Å². The maximum absolute atomic E-state index is 13.1. The molecule has 2 heterocycles. The summed E-state index contributed by atoms with van der Waals surface area (Å²) in [4.78, 5) is 40.0. The van der Waals surface area contributed by atoms with Crippen LogP contribution < -0.4 is 0 Å². The fourth-order valence-corrected chi connectivity index (χ4v) is 3.31. The molecule has 1 amide bonds. The zero-order valence-electron chi connectivity index (χ0n) is 17.9. The number of aromatic amines is 1. The number of aromatic nitrogens is 1. The van der Waals surface area contributed by atoms with Crippen LogP contribution in [0.15, 0.2) is 0 Å². The summed E-state index contributed by atoms with van der Waals surface area (Å²) in [5, 5.41) is 22.4. The normalized spacial score (nSPS) is 17.2.